The molecule has 0 fully saturated rings. The van der Waals surface area contributed by atoms with Gasteiger partial charge < -0.3 is 14.5 Å². The normalized spacial score (nSPS) is 10.9. The average molecular weight is 383 g/mol. The Labute approximate surface area is 167 Å². The van der Waals surface area contributed by atoms with Crippen LogP contribution >= 0.6 is 0 Å². The van der Waals surface area contributed by atoms with Crippen LogP contribution < -0.4 is 0 Å². The van der Waals surface area contributed by atoms with Gasteiger partial charge in [-0.3, -0.25) is 9.59 Å². The van der Waals surface area contributed by atoms with Gasteiger partial charge >= 0.3 is 5.97 Å². The second-order valence-electron chi connectivity index (χ2n) is 6.94. The molecule has 0 aliphatic rings. The van der Waals surface area contributed by atoms with E-state index in [9.17, 15) is 9.59 Å². The van der Waals surface area contributed by atoms with Gasteiger partial charge in [0.2, 0.25) is 5.91 Å². The molecule has 1 amide bonds. The van der Waals surface area contributed by atoms with E-state index in [1.54, 1.807) is 11.8 Å². The predicted octanol–water partition coefficient (Wildman–Crippen LogP) is 3.16. The first-order valence-electron chi connectivity index (χ1n) is 9.72. The minimum atomic E-state index is -0.397. The molecule has 2 aromatic carbocycles. The van der Waals surface area contributed by atoms with Gasteiger partial charge in [0.25, 0.3) is 0 Å². The van der Waals surface area contributed by atoms with E-state index in [0.717, 1.165) is 17.7 Å². The number of carbonyl (C=O) groups excluding carboxylic acids is 2. The Bertz CT molecular complexity index is 693. The molecule has 0 heterocycles. The van der Waals surface area contributed by atoms with Gasteiger partial charge in [-0.2, -0.15) is 0 Å². The summed E-state index contributed by atoms with van der Waals surface area (Å²) in [5.41, 5.74) is 1.90. The van der Waals surface area contributed by atoms with Crippen LogP contribution in [0.4, 0.5) is 0 Å². The van der Waals surface area contributed by atoms with Crippen LogP contribution in [0.25, 0.3) is 0 Å². The number of rotatable bonds is 10. The smallest absolute Gasteiger partial charge is 0.307 e. The zero-order chi connectivity index (χ0) is 20.4. The second kappa shape index (κ2) is 11.2. The average Bonchev–Trinajstić information content (AvgIpc) is 2.70. The van der Waals surface area contributed by atoms with Crippen molar-refractivity contribution in [2.75, 3.05) is 40.3 Å². The van der Waals surface area contributed by atoms with Crippen molar-refractivity contribution in [3.63, 3.8) is 0 Å². The summed E-state index contributed by atoms with van der Waals surface area (Å²) in [6.07, 6.45) is 0.198. The second-order valence-corrected chi connectivity index (χ2v) is 6.94. The lowest BCUT2D eigenvalue weighted by molar-refractivity contribution is -0.144. The topological polar surface area (TPSA) is 49.9 Å². The summed E-state index contributed by atoms with van der Waals surface area (Å²) in [6.45, 7) is 3.77. The quantitative estimate of drug-likeness (QED) is 0.592. The fourth-order valence-corrected chi connectivity index (χ4v) is 3.06. The molecule has 2 aromatic rings. The van der Waals surface area contributed by atoms with Crippen LogP contribution in [0.2, 0.25) is 0 Å². The first-order chi connectivity index (χ1) is 13.5. The van der Waals surface area contributed by atoms with Gasteiger partial charge in [0.05, 0.1) is 18.9 Å². The maximum absolute atomic E-state index is 13.6. The van der Waals surface area contributed by atoms with Crippen LogP contribution in [0, 0.1) is 0 Å². The highest BCUT2D eigenvalue weighted by Crippen LogP contribution is 2.27. The van der Waals surface area contributed by atoms with E-state index in [0.29, 0.717) is 19.7 Å². The first-order valence-corrected chi connectivity index (χ1v) is 9.72. The zero-order valence-electron chi connectivity index (χ0n) is 17.0. The van der Waals surface area contributed by atoms with Gasteiger partial charge in [-0.15, -0.1) is 0 Å². The largest absolute Gasteiger partial charge is 0.466 e. The molecule has 0 aliphatic heterocycles. The number of nitrogens with zero attached hydrogens (tertiary/aromatic N) is 2. The molecule has 0 saturated carbocycles. The minimum Gasteiger partial charge on any atom is -0.466 e. The lowest BCUT2D eigenvalue weighted by atomic mass is 9.90. The summed E-state index contributed by atoms with van der Waals surface area (Å²) in [5.74, 6) is -0.670. The molecule has 0 atom stereocenters. The number of esters is 1. The monoisotopic (exact) mass is 382 g/mol. The molecule has 0 saturated heterocycles. The SMILES string of the molecule is CCOC(=O)CCN(CCN(C)C)C(=O)C(c1ccccc1)c1ccccc1. The predicted molar refractivity (Wildman–Crippen MR) is 111 cm³/mol. The molecule has 0 unspecified atom stereocenters. The van der Waals surface area contributed by atoms with Crippen molar-refractivity contribution in [3.8, 4) is 0 Å². The zero-order valence-corrected chi connectivity index (χ0v) is 17.0. The van der Waals surface area contributed by atoms with Crippen molar-refractivity contribution in [1.29, 1.82) is 0 Å². The van der Waals surface area contributed by atoms with E-state index in [4.69, 9.17) is 4.74 Å². The fraction of sp³-hybridized carbons (Fsp3) is 0.391. The third-order valence-electron chi connectivity index (χ3n) is 4.53. The summed E-state index contributed by atoms with van der Waals surface area (Å²) in [4.78, 5) is 29.2. The Hall–Kier alpha value is -2.66. The van der Waals surface area contributed by atoms with Crippen LogP contribution in [0.5, 0.6) is 0 Å². The summed E-state index contributed by atoms with van der Waals surface area (Å²) in [5, 5.41) is 0. The van der Waals surface area contributed by atoms with E-state index in [1.807, 2.05) is 79.7 Å². The highest BCUT2D eigenvalue weighted by Gasteiger charge is 2.27. The fourth-order valence-electron chi connectivity index (χ4n) is 3.06. The van der Waals surface area contributed by atoms with E-state index in [1.165, 1.54) is 0 Å². The standard InChI is InChI=1S/C23H30N2O3/c1-4-28-21(26)15-16-25(18-17-24(2)3)23(27)22(19-11-7-5-8-12-19)20-13-9-6-10-14-20/h5-14,22H,4,15-18H2,1-3H3. The van der Waals surface area contributed by atoms with E-state index < -0.39 is 5.92 Å². The Morgan fingerprint density at radius 2 is 1.39 bits per heavy atom. The van der Waals surface area contributed by atoms with E-state index in [-0.39, 0.29) is 18.3 Å². The Kier molecular flexibility index (Phi) is 8.69. The van der Waals surface area contributed by atoms with E-state index >= 15 is 0 Å². The molecular weight excluding hydrogens is 352 g/mol. The van der Waals surface area contributed by atoms with Crippen LogP contribution in [0.3, 0.4) is 0 Å². The third kappa shape index (κ3) is 6.50. The van der Waals surface area contributed by atoms with Gasteiger partial charge in [-0.1, -0.05) is 60.7 Å². The number of benzene rings is 2. The molecule has 0 radical (unpaired) electrons. The highest BCUT2D eigenvalue weighted by atomic mass is 16.5. The molecule has 2 rings (SSSR count). The summed E-state index contributed by atoms with van der Waals surface area (Å²) >= 11 is 0. The Balaban J connectivity index is 2.28. The molecule has 5 heteroatoms. The molecule has 150 valence electrons. The maximum atomic E-state index is 13.6. The first kappa shape index (κ1) is 21.6. The Morgan fingerprint density at radius 1 is 0.857 bits per heavy atom. The van der Waals surface area contributed by atoms with Crippen LogP contribution in [0.15, 0.2) is 60.7 Å². The van der Waals surface area contributed by atoms with Crippen molar-refractivity contribution < 1.29 is 14.3 Å². The van der Waals surface area contributed by atoms with Gasteiger partial charge in [0, 0.05) is 19.6 Å². The molecule has 5 nitrogen and oxygen atoms in total. The lowest BCUT2D eigenvalue weighted by Gasteiger charge is -2.29. The third-order valence-corrected chi connectivity index (χ3v) is 4.53. The molecular formula is C23H30N2O3. The van der Waals surface area contributed by atoms with Crippen molar-refractivity contribution in [3.05, 3.63) is 71.8 Å². The summed E-state index contributed by atoms with van der Waals surface area (Å²) in [7, 11) is 3.94. The van der Waals surface area contributed by atoms with Gasteiger partial charge in [0.1, 0.15) is 0 Å². The van der Waals surface area contributed by atoms with Crippen molar-refractivity contribution >= 4 is 11.9 Å². The minimum absolute atomic E-state index is 0.00329. The molecule has 0 spiro atoms. The van der Waals surface area contributed by atoms with Crippen molar-refractivity contribution in [1.82, 2.24) is 9.80 Å². The molecule has 0 aliphatic carbocycles. The molecule has 0 aromatic heterocycles. The van der Waals surface area contributed by atoms with Gasteiger partial charge in [-0.05, 0) is 32.1 Å². The number of hydrogen-bond acceptors (Lipinski definition) is 4. The van der Waals surface area contributed by atoms with Gasteiger partial charge in [-0.25, -0.2) is 0 Å². The van der Waals surface area contributed by atoms with Crippen LogP contribution in [0.1, 0.15) is 30.4 Å². The maximum Gasteiger partial charge on any atom is 0.307 e. The summed E-state index contributed by atoms with van der Waals surface area (Å²) in [6, 6.07) is 19.6. The van der Waals surface area contributed by atoms with E-state index in [2.05, 4.69) is 0 Å². The van der Waals surface area contributed by atoms with Crippen molar-refractivity contribution in [2.24, 2.45) is 0 Å². The molecule has 28 heavy (non-hydrogen) atoms. The lowest BCUT2D eigenvalue weighted by Crippen LogP contribution is -2.41. The number of ether oxygens (including phenoxy) is 1. The number of likely N-dealkylation sites (N-methyl/N-ethyl adjacent to an activating group) is 1. The number of amides is 1. The number of carbonyl (C=O) groups is 2. The molecule has 0 bridgehead atoms. The summed E-state index contributed by atoms with van der Waals surface area (Å²) < 4.78 is 5.04. The Morgan fingerprint density at radius 3 is 1.86 bits per heavy atom. The van der Waals surface area contributed by atoms with Crippen LogP contribution in [-0.2, 0) is 14.3 Å². The number of hydrogen-bond donors (Lipinski definition) is 0. The van der Waals surface area contributed by atoms with Crippen LogP contribution in [-0.4, -0.2) is 62.0 Å². The van der Waals surface area contributed by atoms with Crippen molar-refractivity contribution in [2.45, 2.75) is 19.3 Å². The molecule has 0 N–H and O–H groups in total. The highest BCUT2D eigenvalue weighted by molar-refractivity contribution is 5.87. The van der Waals surface area contributed by atoms with Gasteiger partial charge in [0.15, 0.2) is 0 Å².